The van der Waals surface area contributed by atoms with Crippen LogP contribution in [0.2, 0.25) is 5.02 Å². The van der Waals surface area contributed by atoms with Gasteiger partial charge in [0.25, 0.3) is 0 Å². The first-order valence-electron chi connectivity index (χ1n) is 7.97. The third-order valence-corrected chi connectivity index (χ3v) is 4.39. The van der Waals surface area contributed by atoms with Crippen molar-refractivity contribution in [1.29, 1.82) is 0 Å². The van der Waals surface area contributed by atoms with E-state index in [0.717, 1.165) is 4.47 Å². The quantitative estimate of drug-likeness (QED) is 0.457. The minimum Gasteiger partial charge on any atom is -0.493 e. The zero-order valence-electron chi connectivity index (χ0n) is 14.5. The monoisotopic (exact) mass is 439 g/mol. The van der Waals surface area contributed by atoms with Gasteiger partial charge < -0.3 is 14.8 Å². The molecule has 0 unspecified atom stereocenters. The number of Topliss-reactive ketones (excluding diaryl/α,β-unsaturated/α-hetero) is 1. The summed E-state index contributed by atoms with van der Waals surface area (Å²) in [6.07, 6.45) is 0.817. The second kappa shape index (κ2) is 9.59. The van der Waals surface area contributed by atoms with Crippen LogP contribution >= 0.6 is 27.5 Å². The number of anilines is 1. The van der Waals surface area contributed by atoms with E-state index in [0.29, 0.717) is 47.2 Å². The first kappa shape index (κ1) is 20.3. The number of amides is 1. The molecule has 0 radical (unpaired) electrons. The van der Waals surface area contributed by atoms with Gasteiger partial charge in [0, 0.05) is 16.5 Å². The van der Waals surface area contributed by atoms with Crippen molar-refractivity contribution < 1.29 is 19.1 Å². The van der Waals surface area contributed by atoms with Crippen LogP contribution in [0.25, 0.3) is 0 Å². The molecule has 0 saturated carbocycles. The minimum absolute atomic E-state index is 0.0434. The van der Waals surface area contributed by atoms with Crippen LogP contribution in [0.3, 0.4) is 0 Å². The lowest BCUT2D eigenvalue weighted by Crippen LogP contribution is -2.13. The molecule has 26 heavy (non-hydrogen) atoms. The van der Waals surface area contributed by atoms with E-state index in [2.05, 4.69) is 21.2 Å². The van der Waals surface area contributed by atoms with Gasteiger partial charge in [-0.05, 0) is 49.7 Å². The molecule has 0 aliphatic rings. The zero-order valence-corrected chi connectivity index (χ0v) is 16.8. The Kier molecular flexibility index (Phi) is 7.48. The van der Waals surface area contributed by atoms with Gasteiger partial charge in [-0.25, -0.2) is 0 Å². The van der Waals surface area contributed by atoms with Crippen molar-refractivity contribution in [2.24, 2.45) is 0 Å². The number of hydrogen-bond acceptors (Lipinski definition) is 4. The average molecular weight is 441 g/mol. The average Bonchev–Trinajstić information content (AvgIpc) is 2.61. The minimum atomic E-state index is -0.142. The first-order valence-corrected chi connectivity index (χ1v) is 9.14. The molecular weight excluding hydrogens is 422 g/mol. The Bertz CT molecular complexity index is 810. The summed E-state index contributed by atoms with van der Waals surface area (Å²) in [6, 6.07) is 10.3. The molecule has 0 aromatic heterocycles. The summed E-state index contributed by atoms with van der Waals surface area (Å²) in [5.41, 5.74) is 1.13. The Morgan fingerprint density at radius 2 is 1.92 bits per heavy atom. The zero-order chi connectivity index (χ0) is 19.1. The lowest BCUT2D eigenvalue weighted by molar-refractivity contribution is -0.116. The van der Waals surface area contributed by atoms with E-state index in [1.54, 1.807) is 30.3 Å². The number of carbonyl (C=O) groups is 2. The van der Waals surface area contributed by atoms with Crippen molar-refractivity contribution in [3.8, 4) is 11.5 Å². The molecule has 1 amide bonds. The Labute approximate surface area is 165 Å². The van der Waals surface area contributed by atoms with Crippen LogP contribution in [0, 0.1) is 0 Å². The molecule has 7 heteroatoms. The maximum Gasteiger partial charge on any atom is 0.224 e. The van der Waals surface area contributed by atoms with Crippen molar-refractivity contribution in [2.45, 2.75) is 19.8 Å². The molecule has 0 heterocycles. The number of carbonyl (C=O) groups excluding carboxylic acids is 2. The smallest absolute Gasteiger partial charge is 0.224 e. The lowest BCUT2D eigenvalue weighted by Gasteiger charge is -2.12. The topological polar surface area (TPSA) is 64.6 Å². The molecule has 138 valence electrons. The van der Waals surface area contributed by atoms with Gasteiger partial charge in [-0.1, -0.05) is 27.5 Å². The fourth-order valence-corrected chi connectivity index (χ4v) is 2.94. The van der Waals surface area contributed by atoms with Gasteiger partial charge in [-0.15, -0.1) is 0 Å². The van der Waals surface area contributed by atoms with E-state index in [-0.39, 0.29) is 11.7 Å². The van der Waals surface area contributed by atoms with Crippen LogP contribution in [0.1, 0.15) is 30.1 Å². The summed E-state index contributed by atoms with van der Waals surface area (Å²) >= 11 is 9.39. The van der Waals surface area contributed by atoms with Crippen LogP contribution in [-0.2, 0) is 4.79 Å². The predicted molar refractivity (Wildman–Crippen MR) is 106 cm³/mol. The summed E-state index contributed by atoms with van der Waals surface area (Å²) in [5.74, 6) is 0.840. The maximum atomic E-state index is 12.0. The third-order valence-electron chi connectivity index (χ3n) is 3.58. The van der Waals surface area contributed by atoms with Crippen LogP contribution in [0.15, 0.2) is 40.9 Å². The highest BCUT2D eigenvalue weighted by atomic mass is 79.9. The second-order valence-electron chi connectivity index (χ2n) is 5.55. The number of nitrogens with one attached hydrogen (secondary N) is 1. The fraction of sp³-hybridized carbons (Fsp3) is 0.263. The number of benzene rings is 2. The molecule has 1 N–H and O–H groups in total. The van der Waals surface area contributed by atoms with Crippen molar-refractivity contribution >= 4 is 44.9 Å². The number of methoxy groups -OCH3 is 1. The van der Waals surface area contributed by atoms with E-state index in [9.17, 15) is 9.59 Å². The fourth-order valence-electron chi connectivity index (χ4n) is 2.22. The van der Waals surface area contributed by atoms with Crippen molar-refractivity contribution in [3.63, 3.8) is 0 Å². The Balaban J connectivity index is 1.83. The van der Waals surface area contributed by atoms with E-state index in [1.165, 1.54) is 14.0 Å². The lowest BCUT2D eigenvalue weighted by atomic mass is 10.1. The number of halogens is 2. The summed E-state index contributed by atoms with van der Waals surface area (Å²) in [6.45, 7) is 1.84. The Morgan fingerprint density at radius 1 is 1.15 bits per heavy atom. The van der Waals surface area contributed by atoms with Gasteiger partial charge in [-0.2, -0.15) is 0 Å². The highest BCUT2D eigenvalue weighted by molar-refractivity contribution is 9.10. The Morgan fingerprint density at radius 3 is 2.58 bits per heavy atom. The second-order valence-corrected chi connectivity index (χ2v) is 6.87. The summed E-state index contributed by atoms with van der Waals surface area (Å²) in [7, 11) is 1.52. The van der Waals surface area contributed by atoms with Gasteiger partial charge in [0.05, 0.1) is 24.4 Å². The third kappa shape index (κ3) is 5.75. The molecule has 2 aromatic carbocycles. The molecule has 0 saturated heterocycles. The number of rotatable bonds is 8. The molecule has 0 spiro atoms. The van der Waals surface area contributed by atoms with Crippen molar-refractivity contribution in [1.82, 2.24) is 0 Å². The van der Waals surface area contributed by atoms with Crippen molar-refractivity contribution in [2.75, 3.05) is 19.0 Å². The standard InChI is InChI=1S/C19H19BrClNO4/c1-12(23)13-5-8-17(18(10-13)25-2)26-9-3-4-19(24)22-16-7-6-14(20)11-15(16)21/h5-8,10-11H,3-4,9H2,1-2H3,(H,22,24). The summed E-state index contributed by atoms with van der Waals surface area (Å²) < 4.78 is 11.7. The molecule has 0 aliphatic heterocycles. The van der Waals surface area contributed by atoms with Crippen LogP contribution in [0.5, 0.6) is 11.5 Å². The van der Waals surface area contributed by atoms with Crippen molar-refractivity contribution in [3.05, 3.63) is 51.5 Å². The maximum absolute atomic E-state index is 12.0. The molecule has 0 aliphatic carbocycles. The van der Waals surface area contributed by atoms with Crippen LogP contribution < -0.4 is 14.8 Å². The van der Waals surface area contributed by atoms with E-state index in [4.69, 9.17) is 21.1 Å². The number of ketones is 1. The Hall–Kier alpha value is -2.05. The highest BCUT2D eigenvalue weighted by Gasteiger charge is 2.10. The number of hydrogen-bond donors (Lipinski definition) is 1. The van der Waals surface area contributed by atoms with Crippen LogP contribution in [0.4, 0.5) is 5.69 Å². The first-order chi connectivity index (χ1) is 12.4. The summed E-state index contributed by atoms with van der Waals surface area (Å²) in [5, 5.41) is 3.24. The van der Waals surface area contributed by atoms with Gasteiger partial charge >= 0.3 is 0 Å². The molecule has 2 rings (SSSR count). The molecular formula is C19H19BrClNO4. The predicted octanol–water partition coefficient (Wildman–Crippen LogP) is 5.11. The highest BCUT2D eigenvalue weighted by Crippen LogP contribution is 2.29. The van der Waals surface area contributed by atoms with Gasteiger partial charge in [0.2, 0.25) is 5.91 Å². The SMILES string of the molecule is COc1cc(C(C)=O)ccc1OCCCC(=O)Nc1ccc(Br)cc1Cl. The van der Waals surface area contributed by atoms with Gasteiger partial charge in [0.1, 0.15) is 0 Å². The van der Waals surface area contributed by atoms with E-state index < -0.39 is 0 Å². The largest absolute Gasteiger partial charge is 0.493 e. The molecule has 0 bridgehead atoms. The molecule has 2 aromatic rings. The molecule has 0 atom stereocenters. The van der Waals surface area contributed by atoms with Gasteiger partial charge in [0.15, 0.2) is 17.3 Å². The van der Waals surface area contributed by atoms with Gasteiger partial charge in [-0.3, -0.25) is 9.59 Å². The van der Waals surface area contributed by atoms with E-state index in [1.807, 2.05) is 6.07 Å². The van der Waals surface area contributed by atoms with E-state index >= 15 is 0 Å². The number of ether oxygens (including phenoxy) is 2. The normalized spacial score (nSPS) is 10.3. The summed E-state index contributed by atoms with van der Waals surface area (Å²) in [4.78, 5) is 23.4. The van der Waals surface area contributed by atoms with Crippen LogP contribution in [-0.4, -0.2) is 25.4 Å². The molecule has 5 nitrogen and oxygen atoms in total. The molecule has 0 fully saturated rings.